The molecule has 0 fully saturated rings. The van der Waals surface area contributed by atoms with Gasteiger partial charge in [0.25, 0.3) is 0 Å². The molecule has 168 valence electrons. The van der Waals surface area contributed by atoms with Gasteiger partial charge >= 0.3 is 5.97 Å². The minimum Gasteiger partial charge on any atom is -0.496 e. The second-order valence-electron chi connectivity index (χ2n) is 7.44. The van der Waals surface area contributed by atoms with Crippen molar-refractivity contribution in [3.05, 3.63) is 94.8 Å². The van der Waals surface area contributed by atoms with Crippen LogP contribution in [0.2, 0.25) is 0 Å². The first kappa shape index (κ1) is 22.1. The molecule has 4 rings (SSSR count). The monoisotopic (exact) mass is 444 g/mol. The number of benzene rings is 3. The van der Waals surface area contributed by atoms with E-state index in [-0.39, 0.29) is 12.0 Å². The number of hydrogen-bond acceptors (Lipinski definition) is 6. The molecule has 6 nitrogen and oxygen atoms in total. The maximum atomic E-state index is 13.1. The third-order valence-electron chi connectivity index (χ3n) is 5.28. The lowest BCUT2D eigenvalue weighted by molar-refractivity contribution is -0.153. The fourth-order valence-electron chi connectivity index (χ4n) is 3.52. The Hall–Kier alpha value is -4.06. The molecule has 1 aromatic heterocycles. The molecule has 0 aliphatic rings. The van der Waals surface area contributed by atoms with E-state index in [4.69, 9.17) is 18.6 Å². The molecule has 0 spiro atoms. The van der Waals surface area contributed by atoms with E-state index in [9.17, 15) is 9.59 Å². The van der Waals surface area contributed by atoms with Crippen molar-refractivity contribution in [1.29, 1.82) is 0 Å². The van der Waals surface area contributed by atoms with Gasteiger partial charge in [0.15, 0.2) is 6.10 Å². The maximum Gasteiger partial charge on any atom is 0.347 e. The minimum absolute atomic E-state index is 0.178. The van der Waals surface area contributed by atoms with Crippen molar-refractivity contribution in [1.82, 2.24) is 0 Å². The molecule has 33 heavy (non-hydrogen) atoms. The topological polar surface area (TPSA) is 75.0 Å². The quantitative estimate of drug-likeness (QED) is 0.340. The van der Waals surface area contributed by atoms with Crippen molar-refractivity contribution in [3.8, 4) is 22.6 Å². The highest BCUT2D eigenvalue weighted by Crippen LogP contribution is 2.29. The van der Waals surface area contributed by atoms with Crippen LogP contribution in [0.5, 0.6) is 11.5 Å². The van der Waals surface area contributed by atoms with E-state index in [0.29, 0.717) is 40.0 Å². The number of ether oxygens (including phenoxy) is 3. The Morgan fingerprint density at radius 2 is 1.73 bits per heavy atom. The summed E-state index contributed by atoms with van der Waals surface area (Å²) in [4.78, 5) is 25.6. The number of carbonyl (C=O) groups excluding carboxylic acids is 1. The largest absolute Gasteiger partial charge is 0.496 e. The van der Waals surface area contributed by atoms with Crippen LogP contribution >= 0.6 is 0 Å². The van der Waals surface area contributed by atoms with Gasteiger partial charge in [-0.25, -0.2) is 4.79 Å². The van der Waals surface area contributed by atoms with Crippen LogP contribution in [0.3, 0.4) is 0 Å². The van der Waals surface area contributed by atoms with Crippen LogP contribution in [0.1, 0.15) is 18.9 Å². The van der Waals surface area contributed by atoms with Crippen LogP contribution in [0.25, 0.3) is 22.1 Å². The molecule has 0 amide bonds. The molecule has 1 heterocycles. The van der Waals surface area contributed by atoms with Crippen LogP contribution in [-0.2, 0) is 16.1 Å². The third-order valence-corrected chi connectivity index (χ3v) is 5.28. The number of para-hydroxylation sites is 1. The summed E-state index contributed by atoms with van der Waals surface area (Å²) >= 11 is 0. The molecular weight excluding hydrogens is 420 g/mol. The highest BCUT2D eigenvalue weighted by atomic mass is 16.6. The van der Waals surface area contributed by atoms with Crippen LogP contribution in [-0.4, -0.2) is 19.2 Å². The minimum atomic E-state index is -0.772. The van der Waals surface area contributed by atoms with Gasteiger partial charge < -0.3 is 18.6 Å². The van der Waals surface area contributed by atoms with Gasteiger partial charge in [-0.3, -0.25) is 4.79 Å². The third kappa shape index (κ3) is 4.90. The normalized spacial score (nSPS) is 11.7. The molecule has 3 aromatic carbocycles. The number of esters is 1. The van der Waals surface area contributed by atoms with Gasteiger partial charge in [-0.05, 0) is 30.2 Å². The lowest BCUT2D eigenvalue weighted by Gasteiger charge is -2.17. The molecule has 0 bridgehead atoms. The average molecular weight is 444 g/mol. The number of methoxy groups -OCH3 is 1. The highest BCUT2D eigenvalue weighted by molar-refractivity contribution is 5.84. The Balaban J connectivity index is 1.54. The highest BCUT2D eigenvalue weighted by Gasteiger charge is 2.21. The van der Waals surface area contributed by atoms with E-state index in [1.54, 1.807) is 37.4 Å². The molecule has 0 aliphatic heterocycles. The van der Waals surface area contributed by atoms with E-state index in [1.807, 2.05) is 49.4 Å². The van der Waals surface area contributed by atoms with Crippen molar-refractivity contribution in [2.24, 2.45) is 0 Å². The maximum absolute atomic E-state index is 13.1. The van der Waals surface area contributed by atoms with Gasteiger partial charge in [0.05, 0.1) is 18.1 Å². The van der Waals surface area contributed by atoms with E-state index in [0.717, 1.165) is 5.56 Å². The second kappa shape index (κ2) is 10.0. The molecule has 0 N–H and O–H groups in total. The molecule has 0 saturated carbocycles. The standard InChI is InChI=1S/C27H24O6/c1-3-23(27(29)32-16-18-9-5-4-6-10-18)33-19-13-14-21-25(15-19)31-17-22(26(21)28)20-11-7-8-12-24(20)30-2/h4-15,17,23H,3,16H2,1-2H3. The van der Waals surface area contributed by atoms with Gasteiger partial charge in [-0.15, -0.1) is 0 Å². The zero-order chi connectivity index (χ0) is 23.2. The van der Waals surface area contributed by atoms with Crippen molar-refractivity contribution < 1.29 is 23.4 Å². The van der Waals surface area contributed by atoms with Crippen molar-refractivity contribution in [2.75, 3.05) is 7.11 Å². The van der Waals surface area contributed by atoms with E-state index < -0.39 is 12.1 Å². The molecule has 0 radical (unpaired) electrons. The molecular formula is C27H24O6. The van der Waals surface area contributed by atoms with E-state index in [1.165, 1.54) is 6.26 Å². The first-order valence-corrected chi connectivity index (χ1v) is 10.7. The zero-order valence-electron chi connectivity index (χ0n) is 18.4. The summed E-state index contributed by atoms with van der Waals surface area (Å²) in [7, 11) is 1.56. The molecule has 1 atom stereocenters. The fourth-order valence-corrected chi connectivity index (χ4v) is 3.52. The Labute approximate surface area is 191 Å². The lowest BCUT2D eigenvalue weighted by atomic mass is 10.0. The Morgan fingerprint density at radius 1 is 0.970 bits per heavy atom. The SMILES string of the molecule is CCC(Oc1ccc2c(=O)c(-c3ccccc3OC)coc2c1)C(=O)OCc1ccccc1. The summed E-state index contributed by atoms with van der Waals surface area (Å²) in [5.74, 6) is 0.553. The van der Waals surface area contributed by atoms with Crippen molar-refractivity contribution in [2.45, 2.75) is 26.1 Å². The number of rotatable bonds is 8. The van der Waals surface area contributed by atoms with E-state index >= 15 is 0 Å². The summed E-state index contributed by atoms with van der Waals surface area (Å²) in [6.45, 7) is 2.02. The molecule has 6 heteroatoms. The smallest absolute Gasteiger partial charge is 0.347 e. The first-order chi connectivity index (χ1) is 16.1. The summed E-state index contributed by atoms with van der Waals surface area (Å²) in [5, 5.41) is 0.408. The van der Waals surface area contributed by atoms with Gasteiger partial charge in [0.1, 0.15) is 30.0 Å². The van der Waals surface area contributed by atoms with Gasteiger partial charge in [0.2, 0.25) is 5.43 Å². The first-order valence-electron chi connectivity index (χ1n) is 10.7. The zero-order valence-corrected chi connectivity index (χ0v) is 18.4. The summed E-state index contributed by atoms with van der Waals surface area (Å²) in [6.07, 6.45) is 1.07. The summed E-state index contributed by atoms with van der Waals surface area (Å²) < 4.78 is 22.4. The summed E-state index contributed by atoms with van der Waals surface area (Å²) in [6, 6.07) is 21.6. The van der Waals surface area contributed by atoms with Crippen LogP contribution < -0.4 is 14.9 Å². The lowest BCUT2D eigenvalue weighted by Crippen LogP contribution is -2.28. The number of carbonyl (C=O) groups is 1. The Kier molecular flexibility index (Phi) is 6.74. The Morgan fingerprint density at radius 3 is 2.48 bits per heavy atom. The van der Waals surface area contributed by atoms with Crippen molar-refractivity contribution in [3.63, 3.8) is 0 Å². The second-order valence-corrected chi connectivity index (χ2v) is 7.44. The average Bonchev–Trinajstić information content (AvgIpc) is 2.86. The summed E-state index contributed by atoms with van der Waals surface area (Å²) in [5.41, 5.74) is 2.15. The predicted octanol–water partition coefficient (Wildman–Crippen LogP) is 5.37. The van der Waals surface area contributed by atoms with Gasteiger partial charge in [0, 0.05) is 11.6 Å². The van der Waals surface area contributed by atoms with Gasteiger partial charge in [-0.1, -0.05) is 55.5 Å². The number of fused-ring (bicyclic) bond motifs is 1. The Bertz CT molecular complexity index is 1310. The van der Waals surface area contributed by atoms with Crippen molar-refractivity contribution >= 4 is 16.9 Å². The molecule has 0 saturated heterocycles. The number of hydrogen-bond donors (Lipinski definition) is 0. The predicted molar refractivity (Wildman–Crippen MR) is 125 cm³/mol. The van der Waals surface area contributed by atoms with Gasteiger partial charge in [-0.2, -0.15) is 0 Å². The van der Waals surface area contributed by atoms with E-state index in [2.05, 4.69) is 0 Å². The molecule has 0 aliphatic carbocycles. The van der Waals surface area contributed by atoms with Crippen LogP contribution in [0.15, 0.2) is 88.3 Å². The fraction of sp³-hybridized carbons (Fsp3) is 0.185. The molecule has 4 aromatic rings. The van der Waals surface area contributed by atoms with Crippen LogP contribution in [0.4, 0.5) is 0 Å². The van der Waals surface area contributed by atoms with Crippen LogP contribution in [0, 0.1) is 0 Å². The molecule has 1 unspecified atom stereocenters.